The SMILES string of the molecule is COC(=O)[C@@H](O)[C@H](O)c1ccccc1[N+](=O)[O-]. The molecule has 2 N–H and O–H groups in total. The molecule has 0 aliphatic rings. The van der Waals surface area contributed by atoms with E-state index >= 15 is 0 Å². The summed E-state index contributed by atoms with van der Waals surface area (Å²) >= 11 is 0. The van der Waals surface area contributed by atoms with E-state index in [0.717, 1.165) is 7.11 Å². The summed E-state index contributed by atoms with van der Waals surface area (Å²) in [7, 11) is 1.04. The molecular weight excluding hydrogens is 230 g/mol. The number of methoxy groups -OCH3 is 1. The molecule has 0 radical (unpaired) electrons. The van der Waals surface area contributed by atoms with Crippen LogP contribution in [0.15, 0.2) is 24.3 Å². The number of esters is 1. The maximum Gasteiger partial charge on any atom is 0.337 e. The second kappa shape index (κ2) is 5.37. The van der Waals surface area contributed by atoms with Crippen LogP contribution in [-0.4, -0.2) is 34.3 Å². The minimum Gasteiger partial charge on any atom is -0.467 e. The molecule has 0 saturated carbocycles. The standard InChI is InChI=1S/C10H11NO6/c1-17-10(14)9(13)8(12)6-4-2-3-5-7(6)11(15)16/h2-5,8-9,12-13H,1H3/t8-,9+/m1/s1. The van der Waals surface area contributed by atoms with Gasteiger partial charge in [-0.3, -0.25) is 10.1 Å². The number of nitrogens with zero attached hydrogens (tertiary/aromatic N) is 1. The third-order valence-electron chi connectivity index (χ3n) is 2.19. The van der Waals surface area contributed by atoms with Crippen molar-refractivity contribution < 1.29 is 24.7 Å². The first-order chi connectivity index (χ1) is 7.99. The van der Waals surface area contributed by atoms with E-state index in [1.54, 1.807) is 0 Å². The van der Waals surface area contributed by atoms with Gasteiger partial charge in [-0.1, -0.05) is 12.1 Å². The molecular formula is C10H11NO6. The van der Waals surface area contributed by atoms with Crippen molar-refractivity contribution in [2.45, 2.75) is 12.2 Å². The number of benzene rings is 1. The Morgan fingerprint density at radius 2 is 2.00 bits per heavy atom. The lowest BCUT2D eigenvalue weighted by Crippen LogP contribution is -2.29. The predicted octanol–water partition coefficient (Wildman–Crippen LogP) is 0.162. The number of carbonyl (C=O) groups is 1. The number of aliphatic hydroxyl groups is 2. The van der Waals surface area contributed by atoms with E-state index in [2.05, 4.69) is 4.74 Å². The lowest BCUT2D eigenvalue weighted by atomic mass is 10.0. The summed E-state index contributed by atoms with van der Waals surface area (Å²) < 4.78 is 4.24. The van der Waals surface area contributed by atoms with Gasteiger partial charge in [-0.05, 0) is 6.07 Å². The van der Waals surface area contributed by atoms with Crippen molar-refractivity contribution in [2.75, 3.05) is 7.11 Å². The van der Waals surface area contributed by atoms with Gasteiger partial charge < -0.3 is 14.9 Å². The molecule has 0 aliphatic heterocycles. The van der Waals surface area contributed by atoms with Gasteiger partial charge in [-0.2, -0.15) is 0 Å². The zero-order chi connectivity index (χ0) is 13.0. The molecule has 2 atom stereocenters. The largest absolute Gasteiger partial charge is 0.467 e. The Labute approximate surface area is 96.4 Å². The van der Waals surface area contributed by atoms with Crippen LogP contribution < -0.4 is 0 Å². The fourth-order valence-corrected chi connectivity index (χ4v) is 1.32. The van der Waals surface area contributed by atoms with Crippen LogP contribution in [-0.2, 0) is 9.53 Å². The topological polar surface area (TPSA) is 110 Å². The number of hydrogen-bond acceptors (Lipinski definition) is 6. The summed E-state index contributed by atoms with van der Waals surface area (Å²) in [4.78, 5) is 21.0. The third-order valence-corrected chi connectivity index (χ3v) is 2.19. The van der Waals surface area contributed by atoms with Gasteiger partial charge in [-0.25, -0.2) is 4.79 Å². The first kappa shape index (κ1) is 13.1. The molecule has 7 nitrogen and oxygen atoms in total. The minimum absolute atomic E-state index is 0.143. The maximum atomic E-state index is 11.0. The molecule has 0 spiro atoms. The molecule has 92 valence electrons. The van der Waals surface area contributed by atoms with Crippen molar-refractivity contribution in [1.29, 1.82) is 0 Å². The predicted molar refractivity (Wildman–Crippen MR) is 56.1 cm³/mol. The lowest BCUT2D eigenvalue weighted by Gasteiger charge is -2.15. The zero-order valence-corrected chi connectivity index (χ0v) is 8.94. The van der Waals surface area contributed by atoms with Crippen molar-refractivity contribution in [2.24, 2.45) is 0 Å². The number of para-hydroxylation sites is 1. The molecule has 1 aromatic rings. The van der Waals surface area contributed by atoms with Crippen molar-refractivity contribution in [3.8, 4) is 0 Å². The van der Waals surface area contributed by atoms with Crippen LogP contribution >= 0.6 is 0 Å². The minimum atomic E-state index is -1.86. The molecule has 0 unspecified atom stereocenters. The Morgan fingerprint density at radius 3 is 2.53 bits per heavy atom. The molecule has 1 aromatic carbocycles. The molecule has 0 bridgehead atoms. The second-order valence-corrected chi connectivity index (χ2v) is 3.23. The number of rotatable bonds is 4. The molecule has 0 aromatic heterocycles. The van der Waals surface area contributed by atoms with E-state index in [9.17, 15) is 25.1 Å². The normalized spacial score (nSPS) is 13.8. The Morgan fingerprint density at radius 1 is 1.41 bits per heavy atom. The summed E-state index contributed by atoms with van der Waals surface area (Å²) in [6.07, 6.45) is -3.56. The lowest BCUT2D eigenvalue weighted by molar-refractivity contribution is -0.386. The summed E-state index contributed by atoms with van der Waals surface area (Å²) in [6, 6.07) is 5.30. The van der Waals surface area contributed by atoms with E-state index in [0.29, 0.717) is 0 Å². The van der Waals surface area contributed by atoms with Crippen LogP contribution in [0.4, 0.5) is 5.69 Å². The second-order valence-electron chi connectivity index (χ2n) is 3.23. The number of hydrogen-bond donors (Lipinski definition) is 2. The van der Waals surface area contributed by atoms with Gasteiger partial charge in [0.25, 0.3) is 5.69 Å². The fourth-order valence-electron chi connectivity index (χ4n) is 1.32. The van der Waals surface area contributed by atoms with Gasteiger partial charge in [0.15, 0.2) is 6.10 Å². The molecule has 0 aliphatic carbocycles. The van der Waals surface area contributed by atoms with Gasteiger partial charge in [0, 0.05) is 6.07 Å². The molecule has 7 heteroatoms. The van der Waals surface area contributed by atoms with E-state index in [4.69, 9.17) is 0 Å². The molecule has 1 rings (SSSR count). The highest BCUT2D eigenvalue weighted by Gasteiger charge is 2.31. The number of carbonyl (C=O) groups excluding carboxylic acids is 1. The highest BCUT2D eigenvalue weighted by Crippen LogP contribution is 2.27. The van der Waals surface area contributed by atoms with Gasteiger partial charge in [0.1, 0.15) is 6.10 Å². The van der Waals surface area contributed by atoms with Gasteiger partial charge >= 0.3 is 5.97 Å². The molecule has 0 saturated heterocycles. The Balaban J connectivity index is 3.07. The van der Waals surface area contributed by atoms with Crippen LogP contribution in [0.3, 0.4) is 0 Å². The molecule has 17 heavy (non-hydrogen) atoms. The third kappa shape index (κ3) is 2.77. The van der Waals surface area contributed by atoms with Crippen LogP contribution in [0.1, 0.15) is 11.7 Å². The van der Waals surface area contributed by atoms with Gasteiger partial charge in [0.2, 0.25) is 0 Å². The van der Waals surface area contributed by atoms with Crippen LogP contribution in [0.25, 0.3) is 0 Å². The summed E-state index contributed by atoms with van der Waals surface area (Å²) in [6.45, 7) is 0. The quantitative estimate of drug-likeness (QED) is 0.441. The molecule has 0 fully saturated rings. The van der Waals surface area contributed by atoms with Crippen molar-refractivity contribution >= 4 is 11.7 Å². The highest BCUT2D eigenvalue weighted by molar-refractivity contribution is 5.75. The Kier molecular flexibility index (Phi) is 4.13. The number of nitro groups is 1. The summed E-state index contributed by atoms with van der Waals surface area (Å²) in [5.74, 6) is -1.06. The Hall–Kier alpha value is -1.99. The van der Waals surface area contributed by atoms with Crippen LogP contribution in [0, 0.1) is 10.1 Å². The average Bonchev–Trinajstić information content (AvgIpc) is 2.35. The maximum absolute atomic E-state index is 11.0. The number of nitro benzene ring substituents is 1. The van der Waals surface area contributed by atoms with Gasteiger partial charge in [0.05, 0.1) is 17.6 Å². The van der Waals surface area contributed by atoms with E-state index in [-0.39, 0.29) is 11.3 Å². The van der Waals surface area contributed by atoms with Crippen molar-refractivity contribution in [3.05, 3.63) is 39.9 Å². The first-order valence-electron chi connectivity index (χ1n) is 4.66. The molecule has 0 heterocycles. The van der Waals surface area contributed by atoms with E-state index < -0.39 is 23.1 Å². The van der Waals surface area contributed by atoms with Crippen molar-refractivity contribution in [1.82, 2.24) is 0 Å². The van der Waals surface area contributed by atoms with Crippen LogP contribution in [0.5, 0.6) is 0 Å². The number of aliphatic hydroxyl groups excluding tert-OH is 2. The fraction of sp³-hybridized carbons (Fsp3) is 0.300. The smallest absolute Gasteiger partial charge is 0.337 e. The summed E-state index contributed by atoms with van der Waals surface area (Å²) in [5, 5.41) is 29.7. The van der Waals surface area contributed by atoms with E-state index in [1.807, 2.05) is 0 Å². The molecule has 0 amide bonds. The van der Waals surface area contributed by atoms with Crippen molar-refractivity contribution in [3.63, 3.8) is 0 Å². The zero-order valence-electron chi connectivity index (χ0n) is 8.94. The monoisotopic (exact) mass is 241 g/mol. The first-order valence-corrected chi connectivity index (χ1v) is 4.66. The Bertz CT molecular complexity index is 433. The summed E-state index contributed by atoms with van der Waals surface area (Å²) in [5.41, 5.74) is -0.515. The van der Waals surface area contributed by atoms with E-state index in [1.165, 1.54) is 24.3 Å². The average molecular weight is 241 g/mol. The highest BCUT2D eigenvalue weighted by atomic mass is 16.6. The number of ether oxygens (including phenoxy) is 1. The van der Waals surface area contributed by atoms with Crippen LogP contribution in [0.2, 0.25) is 0 Å². The van der Waals surface area contributed by atoms with Gasteiger partial charge in [-0.15, -0.1) is 0 Å².